The van der Waals surface area contributed by atoms with Gasteiger partial charge in [-0.1, -0.05) is 44.1 Å². The second-order valence-electron chi connectivity index (χ2n) is 8.09. The summed E-state index contributed by atoms with van der Waals surface area (Å²) in [5, 5.41) is 5.75. The van der Waals surface area contributed by atoms with E-state index in [1.165, 1.54) is 5.56 Å². The summed E-state index contributed by atoms with van der Waals surface area (Å²) in [7, 11) is 0. The van der Waals surface area contributed by atoms with Crippen molar-refractivity contribution < 1.29 is 19.1 Å². The van der Waals surface area contributed by atoms with Gasteiger partial charge < -0.3 is 14.8 Å². The fourth-order valence-electron chi connectivity index (χ4n) is 3.46. The highest BCUT2D eigenvalue weighted by molar-refractivity contribution is 5.90. The molecule has 0 fully saturated rings. The first-order chi connectivity index (χ1) is 15.6. The molecule has 0 saturated carbocycles. The second kappa shape index (κ2) is 15.2. The van der Waals surface area contributed by atoms with E-state index in [1.54, 1.807) is 0 Å². The topological polar surface area (TPSA) is 76.7 Å². The maximum absolute atomic E-state index is 11.9. The number of carbonyl (C=O) groups is 2. The van der Waals surface area contributed by atoms with E-state index in [2.05, 4.69) is 35.8 Å². The number of amides is 2. The highest BCUT2D eigenvalue weighted by Gasteiger charge is 2.12. The number of ether oxygens (including phenoxy) is 2. The van der Waals surface area contributed by atoms with E-state index in [0.29, 0.717) is 32.2 Å². The minimum atomic E-state index is -0.414. The first kappa shape index (κ1) is 25.7. The molecule has 6 nitrogen and oxygen atoms in total. The monoisotopic (exact) mass is 442 g/mol. The largest absolute Gasteiger partial charge is 0.449 e. The molecule has 176 valence electrons. The Morgan fingerprint density at radius 1 is 1.00 bits per heavy atom. The summed E-state index contributed by atoms with van der Waals surface area (Å²) in [6, 6.07) is 8.06. The molecule has 1 aliphatic carbocycles. The van der Waals surface area contributed by atoms with Crippen molar-refractivity contribution in [3.8, 4) is 0 Å². The molecule has 0 aliphatic heterocycles. The number of hydrogen-bond acceptors (Lipinski definition) is 4. The molecule has 1 aromatic rings. The predicted molar refractivity (Wildman–Crippen MR) is 128 cm³/mol. The van der Waals surface area contributed by atoms with Gasteiger partial charge in [-0.2, -0.15) is 0 Å². The quantitative estimate of drug-likeness (QED) is 0.360. The van der Waals surface area contributed by atoms with Crippen molar-refractivity contribution in [3.05, 3.63) is 53.8 Å². The van der Waals surface area contributed by atoms with Crippen LogP contribution in [0.25, 0.3) is 0 Å². The number of benzene rings is 1. The first-order valence-corrected chi connectivity index (χ1v) is 11.9. The molecule has 0 spiro atoms. The van der Waals surface area contributed by atoms with Gasteiger partial charge in [0.05, 0.1) is 6.61 Å². The van der Waals surface area contributed by atoms with E-state index in [0.717, 1.165) is 56.3 Å². The Morgan fingerprint density at radius 3 is 2.47 bits per heavy atom. The Bertz CT molecular complexity index is 756. The Morgan fingerprint density at radius 2 is 1.78 bits per heavy atom. The number of alkyl carbamates (subject to hydrolysis) is 1. The average Bonchev–Trinajstić information content (AvgIpc) is 2.79. The molecule has 1 unspecified atom stereocenters. The molecule has 2 rings (SSSR count). The van der Waals surface area contributed by atoms with Gasteiger partial charge in [-0.15, -0.1) is 0 Å². The summed E-state index contributed by atoms with van der Waals surface area (Å²) in [6.45, 7) is 5.91. The van der Waals surface area contributed by atoms with Gasteiger partial charge in [0.15, 0.2) is 0 Å². The molecular formula is C26H38N2O4. The third kappa shape index (κ3) is 10.6. The smallest absolute Gasteiger partial charge is 0.411 e. The van der Waals surface area contributed by atoms with Gasteiger partial charge in [0.2, 0.25) is 5.91 Å². The number of nitrogens with one attached hydrogen (secondary N) is 2. The maximum atomic E-state index is 11.9. The van der Waals surface area contributed by atoms with Crippen LogP contribution in [0, 0.1) is 5.92 Å². The highest BCUT2D eigenvalue weighted by atomic mass is 16.5. The van der Waals surface area contributed by atoms with Gasteiger partial charge in [0.1, 0.15) is 0 Å². The zero-order chi connectivity index (χ0) is 23.0. The second-order valence-corrected chi connectivity index (χ2v) is 8.09. The molecule has 2 amide bonds. The fourth-order valence-corrected chi connectivity index (χ4v) is 3.46. The highest BCUT2D eigenvalue weighted by Crippen LogP contribution is 2.21. The van der Waals surface area contributed by atoms with Crippen molar-refractivity contribution in [1.29, 1.82) is 0 Å². The zero-order valence-electron chi connectivity index (χ0n) is 19.5. The lowest BCUT2D eigenvalue weighted by atomic mass is 9.92. The molecule has 1 aromatic carbocycles. The lowest BCUT2D eigenvalue weighted by Crippen LogP contribution is -2.24. The molecular weight excluding hydrogens is 404 g/mol. The number of rotatable bonds is 14. The van der Waals surface area contributed by atoms with Crippen molar-refractivity contribution in [3.63, 3.8) is 0 Å². The van der Waals surface area contributed by atoms with Gasteiger partial charge in [0.25, 0.3) is 0 Å². The molecule has 2 N–H and O–H groups in total. The number of anilines is 1. The van der Waals surface area contributed by atoms with Crippen LogP contribution in [0.5, 0.6) is 0 Å². The van der Waals surface area contributed by atoms with Gasteiger partial charge >= 0.3 is 6.09 Å². The van der Waals surface area contributed by atoms with Gasteiger partial charge in [0, 0.05) is 31.0 Å². The Labute approximate surface area is 192 Å². The summed E-state index contributed by atoms with van der Waals surface area (Å²) in [5.74, 6) is 0.459. The van der Waals surface area contributed by atoms with Gasteiger partial charge in [-0.25, -0.2) is 4.79 Å². The van der Waals surface area contributed by atoms with Crippen molar-refractivity contribution in [2.75, 3.05) is 25.1 Å². The van der Waals surface area contributed by atoms with Crippen LogP contribution in [0.3, 0.4) is 0 Å². The summed E-state index contributed by atoms with van der Waals surface area (Å²) in [5.41, 5.74) is 2.85. The van der Waals surface area contributed by atoms with Crippen molar-refractivity contribution in [2.45, 2.75) is 65.2 Å². The van der Waals surface area contributed by atoms with Crippen molar-refractivity contribution >= 4 is 17.7 Å². The first-order valence-electron chi connectivity index (χ1n) is 11.9. The van der Waals surface area contributed by atoms with Crippen molar-refractivity contribution in [2.24, 2.45) is 5.92 Å². The molecule has 32 heavy (non-hydrogen) atoms. The lowest BCUT2D eigenvalue weighted by molar-refractivity contribution is -0.116. The normalized spacial score (nSPS) is 15.2. The summed E-state index contributed by atoms with van der Waals surface area (Å²) in [4.78, 5) is 23.8. The maximum Gasteiger partial charge on any atom is 0.411 e. The molecule has 1 aliphatic rings. The number of unbranched alkanes of at least 4 members (excludes halogenated alkanes) is 3. The molecule has 0 radical (unpaired) electrons. The van der Waals surface area contributed by atoms with Crippen LogP contribution in [-0.2, 0) is 20.7 Å². The summed E-state index contributed by atoms with van der Waals surface area (Å²) >= 11 is 0. The van der Waals surface area contributed by atoms with Crippen LogP contribution in [0.15, 0.2) is 48.2 Å². The van der Waals surface area contributed by atoms with E-state index in [-0.39, 0.29) is 5.91 Å². The van der Waals surface area contributed by atoms with Crippen LogP contribution >= 0.6 is 0 Å². The average molecular weight is 443 g/mol. The molecule has 0 aromatic heterocycles. The Kier molecular flexibility index (Phi) is 12.2. The molecule has 0 bridgehead atoms. The van der Waals surface area contributed by atoms with E-state index < -0.39 is 6.09 Å². The van der Waals surface area contributed by atoms with Gasteiger partial charge in [-0.3, -0.25) is 10.1 Å². The van der Waals surface area contributed by atoms with E-state index in [9.17, 15) is 9.59 Å². The van der Waals surface area contributed by atoms with Crippen molar-refractivity contribution in [1.82, 2.24) is 5.32 Å². The molecule has 0 heterocycles. The molecule has 6 heteroatoms. The number of hydrogen-bond donors (Lipinski definition) is 2. The van der Waals surface area contributed by atoms with E-state index in [4.69, 9.17) is 9.47 Å². The van der Waals surface area contributed by atoms with Crippen LogP contribution in [0.4, 0.5) is 10.5 Å². The van der Waals surface area contributed by atoms with Gasteiger partial charge in [-0.05, 0) is 68.7 Å². The van der Waals surface area contributed by atoms with Crippen LogP contribution in [0.2, 0.25) is 0 Å². The summed E-state index contributed by atoms with van der Waals surface area (Å²) in [6.07, 6.45) is 12.9. The number of carbonyl (C=O) groups excluding carboxylic acids is 2. The fraction of sp³-hybridized carbons (Fsp3) is 0.538. The third-order valence-corrected chi connectivity index (χ3v) is 5.30. The summed E-state index contributed by atoms with van der Waals surface area (Å²) < 4.78 is 10.5. The lowest BCUT2D eigenvalue weighted by Gasteiger charge is -2.17. The SMILES string of the molecule is CCCCCC(=O)Nc1ccc(CC2C=CC(NC(=O)OCCCCOCC)=CC2)cc1. The van der Waals surface area contributed by atoms with Crippen LogP contribution in [-0.4, -0.2) is 31.8 Å². The molecule has 1 atom stereocenters. The van der Waals surface area contributed by atoms with Crippen LogP contribution in [0.1, 0.15) is 64.4 Å². The Hall–Kier alpha value is -2.60. The number of allylic oxidation sites excluding steroid dienone is 3. The van der Waals surface area contributed by atoms with E-state index >= 15 is 0 Å². The standard InChI is InChI=1S/C26H38N2O4/c1-3-5-6-9-25(29)27-23-14-10-21(11-15-23)20-22-12-16-24(17-13-22)28-26(30)32-19-8-7-18-31-4-2/h10-12,14-17,22H,3-9,13,18-20H2,1-2H3,(H,27,29)(H,28,30). The zero-order valence-corrected chi connectivity index (χ0v) is 19.5. The minimum Gasteiger partial charge on any atom is -0.449 e. The predicted octanol–water partition coefficient (Wildman–Crippen LogP) is 5.75. The van der Waals surface area contributed by atoms with Crippen LogP contribution < -0.4 is 10.6 Å². The van der Waals surface area contributed by atoms with E-state index in [1.807, 2.05) is 31.2 Å². The Balaban J connectivity index is 1.66. The molecule has 0 saturated heterocycles. The minimum absolute atomic E-state index is 0.0793. The third-order valence-electron chi connectivity index (χ3n) is 5.30.